The highest BCUT2D eigenvalue weighted by Crippen LogP contribution is 2.32. The van der Waals surface area contributed by atoms with Crippen molar-refractivity contribution < 1.29 is 17.2 Å². The van der Waals surface area contributed by atoms with E-state index in [2.05, 4.69) is 14.7 Å². The second-order valence-corrected chi connectivity index (χ2v) is 9.80. The fraction of sp³-hybridized carbons (Fsp3) is 0.0400. The van der Waals surface area contributed by atoms with Crippen LogP contribution in [0.15, 0.2) is 79.3 Å². The summed E-state index contributed by atoms with van der Waals surface area (Å²) in [4.78, 5) is 8.50. The summed E-state index contributed by atoms with van der Waals surface area (Å²) < 4.78 is 56.0. The number of aromatic nitrogens is 3. The zero-order valence-electron chi connectivity index (χ0n) is 18.4. The van der Waals surface area contributed by atoms with E-state index in [-0.39, 0.29) is 11.3 Å². The van der Waals surface area contributed by atoms with Crippen LogP contribution in [0.25, 0.3) is 39.0 Å². The average Bonchev–Trinajstić information content (AvgIpc) is 3.21. The van der Waals surface area contributed by atoms with Gasteiger partial charge in [0.05, 0.1) is 23.0 Å². The normalized spacial score (nSPS) is 11.6. The second kappa shape index (κ2) is 8.48. The zero-order valence-corrected chi connectivity index (χ0v) is 19.2. The number of nitrogens with zero attached hydrogens (tertiary/aromatic N) is 3. The number of halogens is 2. The highest BCUT2D eigenvalue weighted by molar-refractivity contribution is 7.92. The van der Waals surface area contributed by atoms with Crippen molar-refractivity contribution in [2.45, 2.75) is 0 Å². The van der Waals surface area contributed by atoms with Gasteiger partial charge in [0.15, 0.2) is 0 Å². The first kappa shape index (κ1) is 22.5. The molecule has 2 heterocycles. The number of pyridine rings is 1. The van der Waals surface area contributed by atoms with Crippen LogP contribution in [0.3, 0.4) is 0 Å². The van der Waals surface area contributed by atoms with Gasteiger partial charge in [0, 0.05) is 23.5 Å². The molecule has 0 amide bonds. The number of benzene rings is 3. The maximum Gasteiger partial charge on any atom is 0.229 e. The van der Waals surface area contributed by atoms with Crippen LogP contribution in [0.4, 0.5) is 20.3 Å². The molecule has 0 unspecified atom stereocenters. The number of fused-ring (bicyclic) bond motifs is 1. The fourth-order valence-electron chi connectivity index (χ4n) is 3.93. The third kappa shape index (κ3) is 4.69. The Kier molecular flexibility index (Phi) is 5.45. The summed E-state index contributed by atoms with van der Waals surface area (Å²) >= 11 is 0. The average molecular weight is 492 g/mol. The van der Waals surface area contributed by atoms with Crippen molar-refractivity contribution in [1.82, 2.24) is 14.5 Å². The topological polar surface area (TPSA) is 103 Å². The molecule has 0 saturated heterocycles. The lowest BCUT2D eigenvalue weighted by Gasteiger charge is -2.13. The third-order valence-electron chi connectivity index (χ3n) is 5.40. The first-order valence-corrected chi connectivity index (χ1v) is 12.3. The number of hydrogen-bond donors (Lipinski definition) is 2. The Morgan fingerprint density at radius 2 is 1.69 bits per heavy atom. The van der Waals surface area contributed by atoms with E-state index in [9.17, 15) is 17.2 Å². The Balaban J connectivity index is 1.65. The maximum absolute atomic E-state index is 14.6. The molecular weight excluding hydrogens is 472 g/mol. The van der Waals surface area contributed by atoms with Crippen LogP contribution >= 0.6 is 0 Å². The number of nitrogens with one attached hydrogen (secondary N) is 1. The first-order valence-electron chi connectivity index (χ1n) is 10.4. The molecule has 0 aliphatic rings. The lowest BCUT2D eigenvalue weighted by Crippen LogP contribution is -2.10. The quantitative estimate of drug-likeness (QED) is 0.361. The van der Waals surface area contributed by atoms with Crippen LogP contribution in [0.2, 0.25) is 0 Å². The van der Waals surface area contributed by atoms with Gasteiger partial charge >= 0.3 is 0 Å². The van der Waals surface area contributed by atoms with Gasteiger partial charge in [-0.05, 0) is 71.3 Å². The number of hydrogen-bond acceptors (Lipinski definition) is 5. The van der Waals surface area contributed by atoms with E-state index in [0.717, 1.165) is 35.0 Å². The molecule has 5 aromatic rings. The standard InChI is InChI=1S/C25H19F2N5O2S/c1-35(33,34)31-19-8-17(21-4-3-18(26)12-22(21)27)9-20(13-19)32-14-30-23-10-15(2-5-24(23)32)16-6-7-29-25(28)11-16/h2-14,31H,1H3,(H2,28,29). The van der Waals surface area contributed by atoms with E-state index in [1.54, 1.807) is 35.3 Å². The van der Waals surface area contributed by atoms with Crippen molar-refractivity contribution in [2.24, 2.45) is 0 Å². The fourth-order valence-corrected chi connectivity index (χ4v) is 4.47. The van der Waals surface area contributed by atoms with E-state index in [0.29, 0.717) is 22.6 Å². The van der Waals surface area contributed by atoms with Gasteiger partial charge < -0.3 is 5.73 Å². The summed E-state index contributed by atoms with van der Waals surface area (Å²) in [6, 6.07) is 17.3. The van der Waals surface area contributed by atoms with Gasteiger partial charge in [-0.15, -0.1) is 0 Å². The number of anilines is 2. The molecule has 10 heteroatoms. The molecule has 0 aliphatic carbocycles. The Morgan fingerprint density at radius 3 is 2.43 bits per heavy atom. The van der Waals surface area contributed by atoms with Crippen molar-refractivity contribution in [2.75, 3.05) is 16.7 Å². The molecule has 0 spiro atoms. The van der Waals surface area contributed by atoms with Crippen LogP contribution in [0.1, 0.15) is 0 Å². The number of imidazole rings is 1. The third-order valence-corrected chi connectivity index (χ3v) is 6.01. The number of rotatable bonds is 5. The van der Waals surface area contributed by atoms with Crippen molar-refractivity contribution >= 4 is 32.6 Å². The summed E-state index contributed by atoms with van der Waals surface area (Å²) in [5, 5.41) is 0. The lowest BCUT2D eigenvalue weighted by molar-refractivity contribution is 0.585. The van der Waals surface area contributed by atoms with E-state index < -0.39 is 21.7 Å². The Labute approximate surface area is 199 Å². The maximum atomic E-state index is 14.6. The van der Waals surface area contributed by atoms with Crippen LogP contribution in [-0.2, 0) is 10.0 Å². The first-order chi connectivity index (χ1) is 16.7. The van der Waals surface area contributed by atoms with Crippen LogP contribution in [-0.4, -0.2) is 29.2 Å². The number of nitrogens with two attached hydrogens (primary N) is 1. The van der Waals surface area contributed by atoms with Crippen molar-refractivity contribution in [3.05, 3.63) is 90.9 Å². The summed E-state index contributed by atoms with van der Waals surface area (Å²) in [5.41, 5.74) is 10.3. The molecule has 7 nitrogen and oxygen atoms in total. The van der Waals surface area contributed by atoms with Gasteiger partial charge in [-0.3, -0.25) is 9.29 Å². The Bertz CT molecular complexity index is 1700. The van der Waals surface area contributed by atoms with Gasteiger partial charge in [0.25, 0.3) is 0 Å². The van der Waals surface area contributed by atoms with Gasteiger partial charge in [-0.2, -0.15) is 0 Å². The van der Waals surface area contributed by atoms with Gasteiger partial charge in [-0.25, -0.2) is 27.2 Å². The molecule has 3 aromatic carbocycles. The van der Waals surface area contributed by atoms with Crippen LogP contribution in [0, 0.1) is 11.6 Å². The van der Waals surface area contributed by atoms with Crippen molar-refractivity contribution in [1.29, 1.82) is 0 Å². The molecule has 0 radical (unpaired) electrons. The summed E-state index contributed by atoms with van der Waals surface area (Å²) in [5.74, 6) is -1.06. The zero-order chi connectivity index (χ0) is 24.7. The Hall–Kier alpha value is -4.31. The minimum absolute atomic E-state index is 0.131. The van der Waals surface area contributed by atoms with Gasteiger partial charge in [0.1, 0.15) is 23.8 Å². The van der Waals surface area contributed by atoms with Gasteiger partial charge in [-0.1, -0.05) is 6.07 Å². The monoisotopic (exact) mass is 491 g/mol. The minimum Gasteiger partial charge on any atom is -0.384 e. The smallest absolute Gasteiger partial charge is 0.229 e. The largest absolute Gasteiger partial charge is 0.384 e. The van der Waals surface area contributed by atoms with E-state index in [1.165, 1.54) is 12.1 Å². The van der Waals surface area contributed by atoms with Crippen molar-refractivity contribution in [3.8, 4) is 27.9 Å². The molecule has 5 rings (SSSR count). The molecule has 3 N–H and O–H groups in total. The molecule has 0 saturated carbocycles. The molecule has 0 bridgehead atoms. The summed E-state index contributed by atoms with van der Waals surface area (Å²) in [6.07, 6.45) is 4.25. The second-order valence-electron chi connectivity index (χ2n) is 8.05. The lowest BCUT2D eigenvalue weighted by atomic mass is 10.0. The number of nitrogen functional groups attached to an aromatic ring is 1. The predicted molar refractivity (Wildman–Crippen MR) is 133 cm³/mol. The molecule has 0 fully saturated rings. The summed E-state index contributed by atoms with van der Waals surface area (Å²) in [6.45, 7) is 0. The molecule has 176 valence electrons. The molecule has 35 heavy (non-hydrogen) atoms. The van der Waals surface area contributed by atoms with E-state index in [1.807, 2.05) is 24.3 Å². The van der Waals surface area contributed by atoms with Crippen molar-refractivity contribution in [3.63, 3.8) is 0 Å². The highest BCUT2D eigenvalue weighted by Gasteiger charge is 2.14. The molecular formula is C25H19F2N5O2S. The molecule has 0 aliphatic heterocycles. The van der Waals surface area contributed by atoms with E-state index in [4.69, 9.17) is 5.73 Å². The molecule has 0 atom stereocenters. The van der Waals surface area contributed by atoms with E-state index >= 15 is 0 Å². The highest BCUT2D eigenvalue weighted by atomic mass is 32.2. The molecule has 2 aromatic heterocycles. The predicted octanol–water partition coefficient (Wildman–Crippen LogP) is 4.99. The Morgan fingerprint density at radius 1 is 0.886 bits per heavy atom. The van der Waals surface area contributed by atoms with Crippen LogP contribution < -0.4 is 10.5 Å². The number of sulfonamides is 1. The minimum atomic E-state index is -3.60. The van der Waals surface area contributed by atoms with Gasteiger partial charge in [0.2, 0.25) is 10.0 Å². The summed E-state index contributed by atoms with van der Waals surface area (Å²) in [7, 11) is -3.60. The SMILES string of the molecule is CS(=O)(=O)Nc1cc(-c2ccc(F)cc2F)cc(-n2cnc3cc(-c4ccnc(N)c4)ccc32)c1. The van der Waals surface area contributed by atoms with Crippen LogP contribution in [0.5, 0.6) is 0 Å².